The SMILES string of the molecule is CC(Sc1cccc(N)c1)C(=O)N1CCNCC1. The Labute approximate surface area is 112 Å². The summed E-state index contributed by atoms with van der Waals surface area (Å²) in [6.45, 7) is 5.35. The number of nitrogens with two attached hydrogens (primary N) is 1. The lowest BCUT2D eigenvalue weighted by Crippen LogP contribution is -2.48. The minimum atomic E-state index is -0.0649. The third-order valence-electron chi connectivity index (χ3n) is 2.95. The van der Waals surface area contributed by atoms with E-state index >= 15 is 0 Å². The summed E-state index contributed by atoms with van der Waals surface area (Å²) in [5.41, 5.74) is 6.47. The molecule has 1 unspecified atom stereocenters. The molecule has 0 saturated carbocycles. The molecule has 1 aliphatic heterocycles. The average Bonchev–Trinajstić information content (AvgIpc) is 2.39. The number of nitrogens with zero attached hydrogens (tertiary/aromatic N) is 1. The van der Waals surface area contributed by atoms with Crippen LogP contribution in [0.4, 0.5) is 5.69 Å². The van der Waals surface area contributed by atoms with Crippen LogP contribution in [0.15, 0.2) is 29.2 Å². The lowest BCUT2D eigenvalue weighted by Gasteiger charge is -2.29. The number of hydrogen-bond donors (Lipinski definition) is 2. The summed E-state index contributed by atoms with van der Waals surface area (Å²) in [5, 5.41) is 3.18. The second-order valence-corrected chi connectivity index (χ2v) is 5.82. The molecule has 1 amide bonds. The Morgan fingerprint density at radius 2 is 2.17 bits per heavy atom. The number of rotatable bonds is 3. The van der Waals surface area contributed by atoms with E-state index in [1.54, 1.807) is 11.8 Å². The number of amides is 1. The third-order valence-corrected chi connectivity index (χ3v) is 4.03. The molecule has 1 aromatic rings. The van der Waals surface area contributed by atoms with Crippen molar-refractivity contribution in [1.29, 1.82) is 0 Å². The first-order valence-electron chi connectivity index (χ1n) is 6.18. The highest BCUT2D eigenvalue weighted by atomic mass is 32.2. The lowest BCUT2D eigenvalue weighted by atomic mass is 10.3. The smallest absolute Gasteiger partial charge is 0.235 e. The highest BCUT2D eigenvalue weighted by Crippen LogP contribution is 2.25. The second-order valence-electron chi connectivity index (χ2n) is 4.41. The van der Waals surface area contributed by atoms with Crippen molar-refractivity contribution in [3.8, 4) is 0 Å². The van der Waals surface area contributed by atoms with Gasteiger partial charge in [0, 0.05) is 36.8 Å². The van der Waals surface area contributed by atoms with Gasteiger partial charge in [0.2, 0.25) is 5.91 Å². The van der Waals surface area contributed by atoms with Crippen LogP contribution in [0, 0.1) is 0 Å². The van der Waals surface area contributed by atoms with Gasteiger partial charge in [-0.3, -0.25) is 4.79 Å². The molecule has 5 heteroatoms. The Balaban J connectivity index is 1.94. The first-order valence-corrected chi connectivity index (χ1v) is 7.06. The molecule has 0 radical (unpaired) electrons. The van der Waals surface area contributed by atoms with Gasteiger partial charge in [-0.2, -0.15) is 0 Å². The first-order chi connectivity index (χ1) is 8.66. The van der Waals surface area contributed by atoms with Gasteiger partial charge >= 0.3 is 0 Å². The minimum absolute atomic E-state index is 0.0649. The number of piperazine rings is 1. The fourth-order valence-electron chi connectivity index (χ4n) is 1.98. The summed E-state index contributed by atoms with van der Waals surface area (Å²) < 4.78 is 0. The molecule has 98 valence electrons. The molecular weight excluding hydrogens is 246 g/mol. The fraction of sp³-hybridized carbons (Fsp3) is 0.462. The Morgan fingerprint density at radius 3 is 2.83 bits per heavy atom. The van der Waals surface area contributed by atoms with Gasteiger partial charge in [0.1, 0.15) is 0 Å². The van der Waals surface area contributed by atoms with Crippen LogP contribution in [0.2, 0.25) is 0 Å². The van der Waals surface area contributed by atoms with E-state index in [1.807, 2.05) is 36.1 Å². The van der Waals surface area contributed by atoms with Crippen LogP contribution in [-0.4, -0.2) is 42.2 Å². The molecule has 1 heterocycles. The number of nitrogens with one attached hydrogen (secondary N) is 1. The zero-order valence-electron chi connectivity index (χ0n) is 10.6. The molecule has 18 heavy (non-hydrogen) atoms. The predicted octanol–water partition coefficient (Wildman–Crippen LogP) is 1.18. The topological polar surface area (TPSA) is 58.4 Å². The van der Waals surface area contributed by atoms with E-state index in [9.17, 15) is 4.79 Å². The van der Waals surface area contributed by atoms with Crippen molar-refractivity contribution in [2.45, 2.75) is 17.1 Å². The van der Waals surface area contributed by atoms with Crippen molar-refractivity contribution in [2.75, 3.05) is 31.9 Å². The number of anilines is 1. The molecule has 2 rings (SSSR count). The summed E-state index contributed by atoms with van der Waals surface area (Å²) in [7, 11) is 0. The summed E-state index contributed by atoms with van der Waals surface area (Å²) >= 11 is 1.57. The van der Waals surface area contributed by atoms with Crippen LogP contribution in [-0.2, 0) is 4.79 Å². The Hall–Kier alpha value is -1.20. The summed E-state index contributed by atoms with van der Waals surface area (Å²) in [4.78, 5) is 15.2. The molecular formula is C13H19N3OS. The Morgan fingerprint density at radius 1 is 1.44 bits per heavy atom. The maximum absolute atomic E-state index is 12.2. The first kappa shape index (κ1) is 13.2. The summed E-state index contributed by atoms with van der Waals surface area (Å²) in [6, 6.07) is 7.67. The number of hydrogen-bond acceptors (Lipinski definition) is 4. The second kappa shape index (κ2) is 6.11. The van der Waals surface area contributed by atoms with Crippen molar-refractivity contribution in [3.63, 3.8) is 0 Å². The summed E-state index contributed by atoms with van der Waals surface area (Å²) in [5.74, 6) is 0.212. The van der Waals surface area contributed by atoms with Gasteiger partial charge in [0.15, 0.2) is 0 Å². The molecule has 0 aliphatic carbocycles. The van der Waals surface area contributed by atoms with Gasteiger partial charge in [-0.25, -0.2) is 0 Å². The molecule has 0 spiro atoms. The van der Waals surface area contributed by atoms with E-state index in [0.717, 1.165) is 36.8 Å². The zero-order valence-corrected chi connectivity index (χ0v) is 11.4. The van der Waals surface area contributed by atoms with Gasteiger partial charge in [-0.05, 0) is 25.1 Å². The van der Waals surface area contributed by atoms with E-state index in [0.29, 0.717) is 0 Å². The van der Waals surface area contributed by atoms with Crippen LogP contribution < -0.4 is 11.1 Å². The van der Waals surface area contributed by atoms with Gasteiger partial charge in [0.25, 0.3) is 0 Å². The van der Waals surface area contributed by atoms with Gasteiger partial charge in [-0.1, -0.05) is 6.07 Å². The van der Waals surface area contributed by atoms with Gasteiger partial charge in [0.05, 0.1) is 5.25 Å². The number of carbonyl (C=O) groups excluding carboxylic acids is 1. The van der Waals surface area contributed by atoms with Crippen molar-refractivity contribution in [1.82, 2.24) is 10.2 Å². The minimum Gasteiger partial charge on any atom is -0.399 e. The average molecular weight is 265 g/mol. The molecule has 1 fully saturated rings. The Bertz CT molecular complexity index is 418. The zero-order chi connectivity index (χ0) is 13.0. The number of thioether (sulfide) groups is 1. The van der Waals surface area contributed by atoms with Crippen molar-refractivity contribution < 1.29 is 4.79 Å². The normalized spacial score (nSPS) is 17.5. The number of carbonyl (C=O) groups is 1. The highest BCUT2D eigenvalue weighted by Gasteiger charge is 2.22. The molecule has 1 aliphatic rings. The molecule has 0 bridgehead atoms. The molecule has 1 aromatic carbocycles. The van der Waals surface area contributed by atoms with Gasteiger partial charge < -0.3 is 16.0 Å². The van der Waals surface area contributed by atoms with Crippen LogP contribution in [0.3, 0.4) is 0 Å². The highest BCUT2D eigenvalue weighted by molar-refractivity contribution is 8.00. The van der Waals surface area contributed by atoms with E-state index in [1.165, 1.54) is 0 Å². The number of benzene rings is 1. The molecule has 3 N–H and O–H groups in total. The monoisotopic (exact) mass is 265 g/mol. The third kappa shape index (κ3) is 3.40. The summed E-state index contributed by atoms with van der Waals surface area (Å²) in [6.07, 6.45) is 0. The largest absolute Gasteiger partial charge is 0.399 e. The maximum atomic E-state index is 12.2. The van der Waals surface area contributed by atoms with E-state index < -0.39 is 0 Å². The van der Waals surface area contributed by atoms with Crippen LogP contribution in [0.1, 0.15) is 6.92 Å². The van der Waals surface area contributed by atoms with Crippen LogP contribution in [0.5, 0.6) is 0 Å². The molecule has 4 nitrogen and oxygen atoms in total. The van der Waals surface area contributed by atoms with Crippen LogP contribution >= 0.6 is 11.8 Å². The van der Waals surface area contributed by atoms with Crippen molar-refractivity contribution in [2.24, 2.45) is 0 Å². The quantitative estimate of drug-likeness (QED) is 0.636. The molecule has 1 atom stereocenters. The molecule has 0 aromatic heterocycles. The molecule has 1 saturated heterocycles. The van der Waals surface area contributed by atoms with E-state index in [-0.39, 0.29) is 11.2 Å². The Kier molecular flexibility index (Phi) is 4.49. The van der Waals surface area contributed by atoms with E-state index in [4.69, 9.17) is 5.73 Å². The standard InChI is InChI=1S/C13H19N3OS/c1-10(13(17)16-7-5-15-6-8-16)18-12-4-2-3-11(14)9-12/h2-4,9-10,15H,5-8,14H2,1H3. The van der Waals surface area contributed by atoms with Gasteiger partial charge in [-0.15, -0.1) is 11.8 Å². The predicted molar refractivity (Wildman–Crippen MR) is 75.6 cm³/mol. The van der Waals surface area contributed by atoms with Crippen molar-refractivity contribution in [3.05, 3.63) is 24.3 Å². The lowest BCUT2D eigenvalue weighted by molar-refractivity contribution is -0.130. The van der Waals surface area contributed by atoms with Crippen molar-refractivity contribution >= 4 is 23.4 Å². The van der Waals surface area contributed by atoms with Crippen LogP contribution in [0.25, 0.3) is 0 Å². The fourth-order valence-corrected chi connectivity index (χ4v) is 3.00. The van der Waals surface area contributed by atoms with E-state index in [2.05, 4.69) is 5.32 Å². The maximum Gasteiger partial charge on any atom is 0.235 e. The number of nitrogen functional groups attached to an aromatic ring is 1.